The molecule has 3 radical (unpaired) electrons. The Morgan fingerprint density at radius 1 is 0.464 bits per heavy atom. The minimum Gasteiger partial charge on any atom is -0.507 e. The fourth-order valence-electron chi connectivity index (χ4n) is 1.76. The molecule has 6 nitrogen and oxygen atoms in total. The summed E-state index contributed by atoms with van der Waals surface area (Å²) in [6.45, 7) is 0. The molecule has 0 aromatic heterocycles. The number of carbonyl (C=O) groups is 3. The van der Waals surface area contributed by atoms with E-state index < -0.39 is 0 Å². The predicted octanol–water partition coefficient (Wildman–Crippen LogP) is 3.23. The van der Waals surface area contributed by atoms with E-state index in [1.165, 1.54) is 18.2 Å². The van der Waals surface area contributed by atoms with Gasteiger partial charge in [0.25, 0.3) is 0 Å². The van der Waals surface area contributed by atoms with Crippen molar-refractivity contribution in [1.29, 1.82) is 0 Å². The van der Waals surface area contributed by atoms with Crippen LogP contribution in [0.3, 0.4) is 0 Å². The normalized spacial score (nSPS) is 8.57. The van der Waals surface area contributed by atoms with Crippen molar-refractivity contribution in [3.05, 3.63) is 89.5 Å². The van der Waals surface area contributed by atoms with Crippen LogP contribution in [0.15, 0.2) is 72.8 Å². The number of aromatic hydroxyl groups is 3. The maximum atomic E-state index is 10.1. The Morgan fingerprint density at radius 3 is 0.821 bits per heavy atom. The highest BCUT2D eigenvalue weighted by atomic mass is 27.0. The number of aldehydes is 3. The number of phenols is 3. The Kier molecular flexibility index (Phi) is 12.1. The van der Waals surface area contributed by atoms with E-state index in [9.17, 15) is 14.4 Å². The van der Waals surface area contributed by atoms with E-state index in [-0.39, 0.29) is 34.6 Å². The summed E-state index contributed by atoms with van der Waals surface area (Å²) in [6.07, 6.45) is 1.86. The molecule has 0 saturated heterocycles. The zero-order valence-corrected chi connectivity index (χ0v) is 16.0. The zero-order valence-electron chi connectivity index (χ0n) is 14.8. The second kappa shape index (κ2) is 13.8. The molecule has 0 aliphatic rings. The minimum atomic E-state index is 0. The van der Waals surface area contributed by atoms with Crippen molar-refractivity contribution in [2.75, 3.05) is 0 Å². The van der Waals surface area contributed by atoms with E-state index >= 15 is 0 Å². The fourth-order valence-corrected chi connectivity index (χ4v) is 1.76. The fraction of sp³-hybridized carbons (Fsp3) is 0. The summed E-state index contributed by atoms with van der Waals surface area (Å²) in [7, 11) is 0. The van der Waals surface area contributed by atoms with Crippen molar-refractivity contribution in [2.24, 2.45) is 0 Å². The highest BCUT2D eigenvalue weighted by Gasteiger charge is 1.94. The van der Waals surface area contributed by atoms with E-state index in [4.69, 9.17) is 15.3 Å². The SMILES string of the molecule is O=Cc1ccccc1O.O=Cc1ccccc1O.O=Cc1ccccc1O.[Al]. The molecule has 0 amide bonds. The van der Waals surface area contributed by atoms with Crippen LogP contribution >= 0.6 is 0 Å². The van der Waals surface area contributed by atoms with Gasteiger partial charge in [-0.05, 0) is 36.4 Å². The Hall–Kier alpha value is -3.40. The Balaban J connectivity index is 0.000000384. The summed E-state index contributed by atoms with van der Waals surface area (Å²) in [6, 6.07) is 19.2. The molecule has 3 aromatic rings. The van der Waals surface area contributed by atoms with Crippen molar-refractivity contribution < 1.29 is 29.7 Å². The van der Waals surface area contributed by atoms with E-state index in [2.05, 4.69) is 0 Å². The zero-order chi connectivity index (χ0) is 20.1. The molecule has 3 N–H and O–H groups in total. The first-order valence-corrected chi connectivity index (χ1v) is 7.73. The summed E-state index contributed by atoms with van der Waals surface area (Å²) in [5.41, 5.74) is 0.993. The average Bonchev–Trinajstić information content (AvgIpc) is 2.70. The summed E-state index contributed by atoms with van der Waals surface area (Å²) >= 11 is 0. The number of rotatable bonds is 3. The molecular weight excluding hydrogens is 375 g/mol. The molecule has 0 aliphatic heterocycles. The van der Waals surface area contributed by atoms with Gasteiger partial charge in [0.2, 0.25) is 0 Å². The van der Waals surface area contributed by atoms with E-state index in [1.807, 2.05) is 0 Å². The second-order valence-electron chi connectivity index (χ2n) is 5.03. The molecule has 0 saturated carbocycles. The van der Waals surface area contributed by atoms with Crippen LogP contribution < -0.4 is 0 Å². The molecule has 7 heteroatoms. The lowest BCUT2D eigenvalue weighted by atomic mass is 10.2. The molecule has 0 fully saturated rings. The number of benzene rings is 3. The third kappa shape index (κ3) is 8.32. The molecule has 0 unspecified atom stereocenters. The topological polar surface area (TPSA) is 112 Å². The van der Waals surface area contributed by atoms with Gasteiger partial charge in [0.15, 0.2) is 18.9 Å². The maximum absolute atomic E-state index is 10.1. The highest BCUT2D eigenvalue weighted by molar-refractivity contribution is 5.79. The van der Waals surface area contributed by atoms with Crippen LogP contribution in [0.1, 0.15) is 31.1 Å². The van der Waals surface area contributed by atoms with Crippen LogP contribution in [0.4, 0.5) is 0 Å². The van der Waals surface area contributed by atoms with Crippen LogP contribution in [-0.2, 0) is 0 Å². The number of phenolic OH excluding ortho intramolecular Hbond substituents is 3. The van der Waals surface area contributed by atoms with Gasteiger partial charge < -0.3 is 15.3 Å². The van der Waals surface area contributed by atoms with Gasteiger partial charge in [-0.1, -0.05) is 36.4 Å². The number of hydrogen-bond donors (Lipinski definition) is 3. The van der Waals surface area contributed by atoms with Gasteiger partial charge in [0.1, 0.15) is 17.2 Å². The summed E-state index contributed by atoms with van der Waals surface area (Å²) in [4.78, 5) is 30.2. The van der Waals surface area contributed by atoms with E-state index in [1.54, 1.807) is 54.6 Å². The lowest BCUT2D eigenvalue weighted by Crippen LogP contribution is -1.77. The van der Waals surface area contributed by atoms with Gasteiger partial charge in [-0.2, -0.15) is 0 Å². The summed E-state index contributed by atoms with van der Waals surface area (Å²) in [5, 5.41) is 26.6. The third-order valence-corrected chi connectivity index (χ3v) is 3.19. The Morgan fingerprint density at radius 2 is 0.679 bits per heavy atom. The van der Waals surface area contributed by atoms with Crippen molar-refractivity contribution in [1.82, 2.24) is 0 Å². The molecule has 0 atom stereocenters. The summed E-state index contributed by atoms with van der Waals surface area (Å²) < 4.78 is 0. The third-order valence-electron chi connectivity index (χ3n) is 3.19. The van der Waals surface area contributed by atoms with E-state index in [0.29, 0.717) is 35.5 Å². The number of carbonyl (C=O) groups excluding carboxylic acids is 3. The first kappa shape index (κ1) is 24.6. The molecule has 0 aliphatic carbocycles. The molecule has 0 heterocycles. The summed E-state index contributed by atoms with van der Waals surface area (Å²) in [5.74, 6) is 0.104. The van der Waals surface area contributed by atoms with E-state index in [0.717, 1.165) is 0 Å². The smallest absolute Gasteiger partial charge is 0.153 e. The first-order chi connectivity index (χ1) is 13.0. The molecule has 0 bridgehead atoms. The molecule has 0 spiro atoms. The monoisotopic (exact) mass is 393 g/mol. The van der Waals surface area contributed by atoms with Gasteiger partial charge in [-0.25, -0.2) is 0 Å². The van der Waals surface area contributed by atoms with Crippen LogP contribution in [0, 0.1) is 0 Å². The molecule has 3 rings (SSSR count). The number of hydrogen-bond acceptors (Lipinski definition) is 6. The maximum Gasteiger partial charge on any atom is 0.153 e. The largest absolute Gasteiger partial charge is 0.507 e. The van der Waals surface area contributed by atoms with Crippen LogP contribution in [0.25, 0.3) is 0 Å². The van der Waals surface area contributed by atoms with Gasteiger partial charge >= 0.3 is 0 Å². The van der Waals surface area contributed by atoms with Gasteiger partial charge in [-0.3, -0.25) is 14.4 Å². The minimum absolute atomic E-state index is 0. The second-order valence-corrected chi connectivity index (χ2v) is 5.03. The lowest BCUT2D eigenvalue weighted by molar-refractivity contribution is 0.111. The number of para-hydroxylation sites is 3. The van der Waals surface area contributed by atoms with Crippen molar-refractivity contribution in [3.8, 4) is 17.2 Å². The molecule has 141 valence electrons. The van der Waals surface area contributed by atoms with Crippen LogP contribution in [-0.4, -0.2) is 51.5 Å². The molecule has 28 heavy (non-hydrogen) atoms. The highest BCUT2D eigenvalue weighted by Crippen LogP contribution is 2.13. The quantitative estimate of drug-likeness (QED) is 0.465. The molecular formula is C21H18AlO6. The Labute approximate surface area is 172 Å². The first-order valence-electron chi connectivity index (χ1n) is 7.73. The standard InChI is InChI=1S/3C7H6O2.Al/c3*8-5-6-3-1-2-4-7(6)9;/h3*1-5,9H;. The van der Waals surface area contributed by atoms with Crippen LogP contribution in [0.5, 0.6) is 17.2 Å². The predicted molar refractivity (Wildman–Crippen MR) is 106 cm³/mol. The van der Waals surface area contributed by atoms with Crippen LogP contribution in [0.2, 0.25) is 0 Å². The van der Waals surface area contributed by atoms with Crippen molar-refractivity contribution >= 4 is 36.2 Å². The van der Waals surface area contributed by atoms with Crippen molar-refractivity contribution in [2.45, 2.75) is 0 Å². The molecule has 3 aromatic carbocycles. The Bertz CT molecular complexity index is 778. The van der Waals surface area contributed by atoms with Crippen molar-refractivity contribution in [3.63, 3.8) is 0 Å². The van der Waals surface area contributed by atoms with Gasteiger partial charge in [0.05, 0.1) is 16.7 Å². The lowest BCUT2D eigenvalue weighted by Gasteiger charge is -1.91. The van der Waals surface area contributed by atoms with Gasteiger partial charge in [0, 0.05) is 17.4 Å². The van der Waals surface area contributed by atoms with Gasteiger partial charge in [-0.15, -0.1) is 0 Å². The average molecular weight is 393 g/mol.